The van der Waals surface area contributed by atoms with Gasteiger partial charge in [-0.25, -0.2) is 0 Å². The first kappa shape index (κ1) is 22.3. The predicted molar refractivity (Wildman–Crippen MR) is 124 cm³/mol. The van der Waals surface area contributed by atoms with E-state index in [1.165, 1.54) is 11.1 Å². The maximum Gasteiger partial charge on any atom is 0.191 e. The molecule has 0 amide bonds. The molecule has 0 spiro atoms. The van der Waals surface area contributed by atoms with Gasteiger partial charge < -0.3 is 15.5 Å². The minimum absolute atomic E-state index is 0.504. The van der Waals surface area contributed by atoms with Crippen molar-refractivity contribution in [2.45, 2.75) is 33.0 Å². The molecule has 1 aromatic heterocycles. The summed E-state index contributed by atoms with van der Waals surface area (Å²) in [5.74, 6) is 1.44. The van der Waals surface area contributed by atoms with Gasteiger partial charge in [0.05, 0.1) is 6.54 Å². The number of guanidine groups is 1. The quantitative estimate of drug-likeness (QED) is 0.513. The number of nitrogens with one attached hydrogen (secondary N) is 2. The Labute approximate surface area is 181 Å². The molecule has 0 bridgehead atoms. The van der Waals surface area contributed by atoms with Crippen molar-refractivity contribution in [2.24, 2.45) is 10.9 Å². The molecule has 0 radical (unpaired) electrons. The first-order valence-electron chi connectivity index (χ1n) is 11.0. The fraction of sp³-hybridized carbons (Fsp3) is 0.565. The highest BCUT2D eigenvalue weighted by molar-refractivity contribution is 5.79. The molecule has 7 heteroatoms. The van der Waals surface area contributed by atoms with Gasteiger partial charge in [-0.2, -0.15) is 5.10 Å². The summed E-state index contributed by atoms with van der Waals surface area (Å²) in [6.45, 7) is 11.6. The van der Waals surface area contributed by atoms with Crippen LogP contribution in [0.15, 0.2) is 47.7 Å². The Hall–Kier alpha value is -2.38. The molecule has 1 aliphatic rings. The van der Waals surface area contributed by atoms with Crippen LogP contribution in [0.1, 0.15) is 25.0 Å². The van der Waals surface area contributed by atoms with Crippen LogP contribution in [0.3, 0.4) is 0 Å². The molecule has 1 aliphatic heterocycles. The highest BCUT2D eigenvalue weighted by Crippen LogP contribution is 2.13. The number of rotatable bonds is 8. The molecule has 0 saturated carbocycles. The number of benzene rings is 1. The van der Waals surface area contributed by atoms with Gasteiger partial charge in [0.15, 0.2) is 5.96 Å². The lowest BCUT2D eigenvalue weighted by Gasteiger charge is -2.40. The van der Waals surface area contributed by atoms with E-state index in [4.69, 9.17) is 0 Å². The summed E-state index contributed by atoms with van der Waals surface area (Å²) in [5.41, 5.74) is 2.53. The number of hydrogen-bond donors (Lipinski definition) is 2. The van der Waals surface area contributed by atoms with Crippen LogP contribution in [0.5, 0.6) is 0 Å². The molecule has 7 nitrogen and oxygen atoms in total. The molecule has 2 heterocycles. The molecular formula is C23H37N7. The highest BCUT2D eigenvalue weighted by atomic mass is 15.3. The Morgan fingerprint density at radius 1 is 1.07 bits per heavy atom. The van der Waals surface area contributed by atoms with E-state index in [2.05, 4.69) is 75.7 Å². The number of aromatic nitrogens is 2. The van der Waals surface area contributed by atoms with Gasteiger partial charge in [0.1, 0.15) is 0 Å². The van der Waals surface area contributed by atoms with E-state index < -0.39 is 0 Å². The summed E-state index contributed by atoms with van der Waals surface area (Å²) >= 11 is 0. The van der Waals surface area contributed by atoms with Crippen molar-refractivity contribution in [1.29, 1.82) is 0 Å². The summed E-state index contributed by atoms with van der Waals surface area (Å²) in [6, 6.07) is 11.0. The van der Waals surface area contributed by atoms with Crippen LogP contribution < -0.4 is 10.6 Å². The van der Waals surface area contributed by atoms with Gasteiger partial charge in [-0.05, 0) is 30.2 Å². The predicted octanol–water partition coefficient (Wildman–Crippen LogP) is 1.87. The number of piperazine rings is 1. The van der Waals surface area contributed by atoms with Crippen LogP contribution in [0, 0.1) is 5.92 Å². The third kappa shape index (κ3) is 6.31. The minimum Gasteiger partial charge on any atom is -0.355 e. The molecule has 1 aromatic carbocycles. The van der Waals surface area contributed by atoms with E-state index >= 15 is 0 Å². The monoisotopic (exact) mass is 411 g/mol. The molecule has 1 atom stereocenters. The van der Waals surface area contributed by atoms with E-state index in [1.54, 1.807) is 0 Å². The van der Waals surface area contributed by atoms with Crippen molar-refractivity contribution in [3.63, 3.8) is 0 Å². The maximum atomic E-state index is 4.45. The number of hydrogen-bond acceptors (Lipinski definition) is 4. The zero-order chi connectivity index (χ0) is 21.3. The molecule has 1 fully saturated rings. The van der Waals surface area contributed by atoms with Crippen LogP contribution in [0.4, 0.5) is 0 Å². The van der Waals surface area contributed by atoms with Crippen LogP contribution in [-0.2, 0) is 13.1 Å². The van der Waals surface area contributed by atoms with Gasteiger partial charge in [-0.3, -0.25) is 14.6 Å². The largest absolute Gasteiger partial charge is 0.355 e. The van der Waals surface area contributed by atoms with E-state index in [-0.39, 0.29) is 0 Å². The van der Waals surface area contributed by atoms with Crippen molar-refractivity contribution in [3.8, 4) is 0 Å². The summed E-state index contributed by atoms with van der Waals surface area (Å²) in [5, 5.41) is 11.4. The van der Waals surface area contributed by atoms with Gasteiger partial charge in [0.2, 0.25) is 0 Å². The number of likely N-dealkylation sites (N-methyl/N-ethyl adjacent to an activating group) is 1. The van der Waals surface area contributed by atoms with Crippen molar-refractivity contribution in [1.82, 2.24) is 30.2 Å². The molecule has 0 aliphatic carbocycles. The normalized spacial score (nSPS) is 17.3. The van der Waals surface area contributed by atoms with Crippen molar-refractivity contribution < 1.29 is 0 Å². The molecule has 30 heavy (non-hydrogen) atoms. The van der Waals surface area contributed by atoms with Crippen molar-refractivity contribution in [3.05, 3.63) is 53.9 Å². The molecule has 1 unspecified atom stereocenters. The molecule has 2 N–H and O–H groups in total. The molecular weight excluding hydrogens is 374 g/mol. The van der Waals surface area contributed by atoms with Crippen molar-refractivity contribution >= 4 is 5.96 Å². The fourth-order valence-corrected chi connectivity index (χ4v) is 3.99. The SMILES string of the molecule is CN=C(NCc1ccccc1Cn1cccn1)NCC(C(C)C)N1CCN(C)CC1. The van der Waals surface area contributed by atoms with Gasteiger partial charge in [0.25, 0.3) is 0 Å². The van der Waals surface area contributed by atoms with E-state index in [0.717, 1.165) is 51.8 Å². The van der Waals surface area contributed by atoms with E-state index in [1.807, 2.05) is 30.2 Å². The second-order valence-electron chi connectivity index (χ2n) is 8.43. The Balaban J connectivity index is 1.54. The fourth-order valence-electron chi connectivity index (χ4n) is 3.99. The van der Waals surface area contributed by atoms with Crippen LogP contribution in [0.2, 0.25) is 0 Å². The maximum absolute atomic E-state index is 4.45. The standard InChI is InChI=1S/C23H37N7/c1-19(2)22(29-14-12-28(4)13-15-29)17-26-23(24-3)25-16-20-8-5-6-9-21(20)18-30-11-7-10-27-30/h5-11,19,22H,12-18H2,1-4H3,(H2,24,25,26). The van der Waals surface area contributed by atoms with Gasteiger partial charge in [-0.1, -0.05) is 38.1 Å². The lowest BCUT2D eigenvalue weighted by molar-refractivity contribution is 0.0900. The minimum atomic E-state index is 0.504. The Morgan fingerprint density at radius 3 is 2.43 bits per heavy atom. The lowest BCUT2D eigenvalue weighted by atomic mass is 10.0. The topological polar surface area (TPSA) is 60.7 Å². The second-order valence-corrected chi connectivity index (χ2v) is 8.43. The smallest absolute Gasteiger partial charge is 0.191 e. The van der Waals surface area contributed by atoms with Gasteiger partial charge in [-0.15, -0.1) is 0 Å². The zero-order valence-electron chi connectivity index (χ0n) is 18.9. The summed E-state index contributed by atoms with van der Waals surface area (Å²) in [4.78, 5) is 9.47. The Kier molecular flexibility index (Phi) is 8.28. The second kappa shape index (κ2) is 11.1. The summed E-state index contributed by atoms with van der Waals surface area (Å²) < 4.78 is 1.95. The van der Waals surface area contributed by atoms with Crippen LogP contribution in [-0.4, -0.2) is 78.4 Å². The third-order valence-electron chi connectivity index (χ3n) is 5.93. The average molecular weight is 412 g/mol. The Bertz CT molecular complexity index is 777. The average Bonchev–Trinajstić information content (AvgIpc) is 3.25. The number of nitrogens with zero attached hydrogens (tertiary/aromatic N) is 5. The zero-order valence-corrected chi connectivity index (χ0v) is 18.9. The molecule has 2 aromatic rings. The Morgan fingerprint density at radius 2 is 1.80 bits per heavy atom. The number of aliphatic imine (C=N–C) groups is 1. The van der Waals surface area contributed by atoms with Gasteiger partial charge in [0, 0.05) is 64.8 Å². The molecule has 3 rings (SSSR count). The first-order valence-corrected chi connectivity index (χ1v) is 11.0. The van der Waals surface area contributed by atoms with E-state index in [0.29, 0.717) is 12.0 Å². The molecule has 1 saturated heterocycles. The summed E-state index contributed by atoms with van der Waals surface area (Å²) in [7, 11) is 4.04. The third-order valence-corrected chi connectivity index (χ3v) is 5.93. The first-order chi connectivity index (χ1) is 14.6. The van der Waals surface area contributed by atoms with Gasteiger partial charge >= 0.3 is 0 Å². The van der Waals surface area contributed by atoms with Crippen LogP contribution >= 0.6 is 0 Å². The lowest BCUT2D eigenvalue weighted by Crippen LogP contribution is -2.55. The van der Waals surface area contributed by atoms with E-state index in [9.17, 15) is 0 Å². The van der Waals surface area contributed by atoms with Crippen molar-refractivity contribution in [2.75, 3.05) is 46.8 Å². The molecule has 164 valence electrons. The summed E-state index contributed by atoms with van der Waals surface area (Å²) in [6.07, 6.45) is 3.81. The highest BCUT2D eigenvalue weighted by Gasteiger charge is 2.25. The van der Waals surface area contributed by atoms with Crippen LogP contribution in [0.25, 0.3) is 0 Å².